The number of phenolic OH excluding ortho intramolecular Hbond substituents is 1. The van der Waals surface area contributed by atoms with Gasteiger partial charge in [0.15, 0.2) is 0 Å². The monoisotopic (exact) mass is 267 g/mol. The molecule has 1 aromatic carbocycles. The Kier molecular flexibility index (Phi) is 4.02. The number of benzene rings is 1. The third kappa shape index (κ3) is 2.61. The van der Waals surface area contributed by atoms with Gasteiger partial charge in [-0.25, -0.2) is 0 Å². The molecule has 0 aromatic heterocycles. The number of nitrogens with zero attached hydrogens (tertiary/aromatic N) is 1. The first-order chi connectivity index (χ1) is 8.24. The minimum Gasteiger partial charge on any atom is -0.508 e. The van der Waals surface area contributed by atoms with E-state index in [1.807, 2.05) is 17.5 Å². The number of thioether (sulfide) groups is 1. The van der Waals surface area contributed by atoms with Crippen molar-refractivity contribution < 1.29 is 9.90 Å². The molecule has 3 nitrogen and oxygen atoms in total. The summed E-state index contributed by atoms with van der Waals surface area (Å²) in [7, 11) is 0. The lowest BCUT2D eigenvalue weighted by molar-refractivity contribution is -0.128. The van der Waals surface area contributed by atoms with Crippen LogP contribution in [0.15, 0.2) is 35.9 Å². The number of aromatic hydroxyl groups is 1. The van der Waals surface area contributed by atoms with E-state index < -0.39 is 0 Å². The molecule has 1 N–H and O–H groups in total. The molecule has 1 unspecified atom stereocenters. The Morgan fingerprint density at radius 1 is 1.47 bits per heavy atom. The van der Waals surface area contributed by atoms with Gasteiger partial charge < -0.3 is 10.0 Å². The standard InChI is InChI=1S/C12H13NO2S2/c14-10-4-2-1-3-9(10)12-13(6-8-17-12)11(15)5-7-16/h1-4,6,8,12,14,16H,5,7H2. The third-order valence-electron chi connectivity index (χ3n) is 2.50. The van der Waals surface area contributed by atoms with Crippen LogP contribution in [0, 0.1) is 0 Å². The Morgan fingerprint density at radius 3 is 2.94 bits per heavy atom. The summed E-state index contributed by atoms with van der Waals surface area (Å²) in [5.74, 6) is 0.772. The summed E-state index contributed by atoms with van der Waals surface area (Å²) >= 11 is 5.57. The van der Waals surface area contributed by atoms with Crippen molar-refractivity contribution in [2.45, 2.75) is 11.8 Å². The zero-order valence-electron chi connectivity index (χ0n) is 9.11. The molecule has 0 aliphatic carbocycles. The smallest absolute Gasteiger partial charge is 0.228 e. The van der Waals surface area contributed by atoms with Gasteiger partial charge in [0, 0.05) is 18.2 Å². The molecule has 0 spiro atoms. The molecular weight excluding hydrogens is 254 g/mol. The summed E-state index contributed by atoms with van der Waals surface area (Å²) in [6, 6.07) is 7.09. The molecule has 0 saturated heterocycles. The van der Waals surface area contributed by atoms with Crippen LogP contribution in [0.5, 0.6) is 5.75 Å². The van der Waals surface area contributed by atoms with Crippen LogP contribution < -0.4 is 0 Å². The van der Waals surface area contributed by atoms with Crippen molar-refractivity contribution in [1.82, 2.24) is 4.90 Å². The second kappa shape index (κ2) is 5.51. The van der Waals surface area contributed by atoms with E-state index in [1.165, 1.54) is 11.8 Å². The number of para-hydroxylation sites is 1. The molecule has 0 fully saturated rings. The number of amides is 1. The van der Waals surface area contributed by atoms with Crippen molar-refractivity contribution in [3.63, 3.8) is 0 Å². The average Bonchev–Trinajstić information content (AvgIpc) is 2.79. The molecule has 1 aliphatic heterocycles. The average molecular weight is 267 g/mol. The van der Waals surface area contributed by atoms with E-state index >= 15 is 0 Å². The van der Waals surface area contributed by atoms with Crippen LogP contribution in [0.1, 0.15) is 17.4 Å². The number of carbonyl (C=O) groups excluding carboxylic acids is 1. The third-order valence-corrected chi connectivity index (χ3v) is 3.74. The highest BCUT2D eigenvalue weighted by Crippen LogP contribution is 2.42. The first kappa shape index (κ1) is 12.4. The summed E-state index contributed by atoms with van der Waals surface area (Å²) < 4.78 is 0. The molecule has 90 valence electrons. The maximum atomic E-state index is 11.9. The molecule has 1 aliphatic rings. The summed E-state index contributed by atoms with van der Waals surface area (Å²) in [6.45, 7) is 0. The fourth-order valence-corrected chi connectivity index (χ4v) is 2.88. The van der Waals surface area contributed by atoms with E-state index in [9.17, 15) is 9.90 Å². The lowest BCUT2D eigenvalue weighted by Gasteiger charge is -2.23. The Bertz CT molecular complexity index is 448. The van der Waals surface area contributed by atoms with Crippen LogP contribution in [0.3, 0.4) is 0 Å². The Balaban J connectivity index is 2.22. The number of rotatable bonds is 3. The van der Waals surface area contributed by atoms with Crippen LogP contribution in [0.25, 0.3) is 0 Å². The van der Waals surface area contributed by atoms with E-state index in [0.717, 1.165) is 5.56 Å². The van der Waals surface area contributed by atoms with Crippen LogP contribution >= 0.6 is 24.4 Å². The Morgan fingerprint density at radius 2 is 2.24 bits per heavy atom. The first-order valence-electron chi connectivity index (χ1n) is 5.26. The number of carbonyl (C=O) groups is 1. The quantitative estimate of drug-likeness (QED) is 0.827. The molecule has 0 bridgehead atoms. The summed E-state index contributed by atoms with van der Waals surface area (Å²) in [4.78, 5) is 13.5. The van der Waals surface area contributed by atoms with Crippen LogP contribution in [-0.2, 0) is 4.79 Å². The number of thiol groups is 1. The van der Waals surface area contributed by atoms with Gasteiger partial charge in [-0.3, -0.25) is 4.79 Å². The second-order valence-corrected chi connectivity index (χ2v) is 5.05. The van der Waals surface area contributed by atoms with Crippen LogP contribution in [0.2, 0.25) is 0 Å². The fraction of sp³-hybridized carbons (Fsp3) is 0.250. The van der Waals surface area contributed by atoms with Crippen molar-refractivity contribution in [3.05, 3.63) is 41.4 Å². The predicted octanol–water partition coefficient (Wildman–Crippen LogP) is 2.76. The highest BCUT2D eigenvalue weighted by atomic mass is 32.2. The molecule has 0 saturated carbocycles. The molecule has 2 rings (SSSR count). The van der Waals surface area contributed by atoms with E-state index in [-0.39, 0.29) is 17.0 Å². The Labute approximate surface area is 110 Å². The minimum atomic E-state index is -0.163. The lowest BCUT2D eigenvalue weighted by Crippen LogP contribution is -2.26. The maximum Gasteiger partial charge on any atom is 0.228 e. The van der Waals surface area contributed by atoms with E-state index in [2.05, 4.69) is 12.6 Å². The van der Waals surface area contributed by atoms with E-state index in [4.69, 9.17) is 0 Å². The van der Waals surface area contributed by atoms with Crippen LogP contribution in [-0.4, -0.2) is 21.7 Å². The maximum absolute atomic E-state index is 11.9. The predicted molar refractivity (Wildman–Crippen MR) is 72.9 cm³/mol. The molecule has 1 amide bonds. The van der Waals surface area contributed by atoms with Gasteiger partial charge in [0.1, 0.15) is 11.1 Å². The van der Waals surface area contributed by atoms with Crippen molar-refractivity contribution >= 4 is 30.3 Å². The van der Waals surface area contributed by atoms with Gasteiger partial charge in [0.2, 0.25) is 5.91 Å². The fourth-order valence-electron chi connectivity index (χ4n) is 1.68. The lowest BCUT2D eigenvalue weighted by atomic mass is 10.2. The first-order valence-corrected chi connectivity index (χ1v) is 6.83. The van der Waals surface area contributed by atoms with Gasteiger partial charge in [0.25, 0.3) is 0 Å². The highest BCUT2D eigenvalue weighted by molar-refractivity contribution is 8.02. The topological polar surface area (TPSA) is 40.5 Å². The molecule has 5 heteroatoms. The van der Waals surface area contributed by atoms with Crippen LogP contribution in [0.4, 0.5) is 0 Å². The van der Waals surface area contributed by atoms with Gasteiger partial charge in [-0.1, -0.05) is 18.2 Å². The number of hydrogen-bond donors (Lipinski definition) is 2. The van der Waals surface area contributed by atoms with Crippen molar-refractivity contribution in [2.24, 2.45) is 0 Å². The molecule has 1 atom stereocenters. The molecule has 1 aromatic rings. The largest absolute Gasteiger partial charge is 0.508 e. The van der Waals surface area contributed by atoms with Gasteiger partial charge in [-0.05, 0) is 17.2 Å². The number of hydrogen-bond acceptors (Lipinski definition) is 4. The molecular formula is C12H13NO2S2. The molecule has 0 radical (unpaired) electrons. The minimum absolute atomic E-state index is 0.0227. The second-order valence-electron chi connectivity index (χ2n) is 3.61. The van der Waals surface area contributed by atoms with Gasteiger partial charge in [-0.15, -0.1) is 11.8 Å². The number of phenols is 1. The van der Waals surface area contributed by atoms with Gasteiger partial charge >= 0.3 is 0 Å². The summed E-state index contributed by atoms with van der Waals surface area (Å²) in [5, 5.41) is 11.5. The van der Waals surface area contributed by atoms with E-state index in [0.29, 0.717) is 12.2 Å². The summed E-state index contributed by atoms with van der Waals surface area (Å²) in [5.41, 5.74) is 0.759. The molecule has 1 heterocycles. The van der Waals surface area contributed by atoms with Gasteiger partial charge in [0.05, 0.1) is 0 Å². The van der Waals surface area contributed by atoms with Crippen molar-refractivity contribution in [2.75, 3.05) is 5.75 Å². The van der Waals surface area contributed by atoms with Crippen molar-refractivity contribution in [3.8, 4) is 5.75 Å². The molecule has 17 heavy (non-hydrogen) atoms. The van der Waals surface area contributed by atoms with Gasteiger partial charge in [-0.2, -0.15) is 12.6 Å². The Hall–Kier alpha value is -1.07. The van der Waals surface area contributed by atoms with Crippen molar-refractivity contribution in [1.29, 1.82) is 0 Å². The highest BCUT2D eigenvalue weighted by Gasteiger charge is 2.28. The normalized spacial score (nSPS) is 18.6. The SMILES string of the molecule is O=C(CCS)N1C=CSC1c1ccccc1O. The van der Waals surface area contributed by atoms with E-state index in [1.54, 1.807) is 23.2 Å². The zero-order valence-corrected chi connectivity index (χ0v) is 10.8. The summed E-state index contributed by atoms with van der Waals surface area (Å²) in [6.07, 6.45) is 2.16. The zero-order chi connectivity index (χ0) is 12.3.